The van der Waals surface area contributed by atoms with E-state index < -0.39 is 17.4 Å². The first kappa shape index (κ1) is 20.6. The van der Waals surface area contributed by atoms with Crippen molar-refractivity contribution in [1.82, 2.24) is 14.5 Å². The maximum Gasteiger partial charge on any atom is 0.289 e. The molecular weight excluding hydrogens is 412 g/mol. The predicted molar refractivity (Wildman–Crippen MR) is 121 cm³/mol. The smallest absolute Gasteiger partial charge is 0.289 e. The van der Waals surface area contributed by atoms with E-state index in [1.165, 1.54) is 29.8 Å². The highest BCUT2D eigenvalue weighted by atomic mass is 19.1. The number of nitrogens with zero attached hydrogens (tertiary/aromatic N) is 5. The largest absolute Gasteiger partial charge is 0.361 e. The maximum absolute atomic E-state index is 15.4. The van der Waals surface area contributed by atoms with E-state index in [-0.39, 0.29) is 34.9 Å². The molecule has 0 aliphatic carbocycles. The van der Waals surface area contributed by atoms with Crippen molar-refractivity contribution in [2.75, 3.05) is 18.0 Å². The summed E-state index contributed by atoms with van der Waals surface area (Å²) in [7, 11) is 1.48. The Morgan fingerprint density at radius 2 is 1.84 bits per heavy atom. The number of anilines is 1. The number of hydrogen-bond donors (Lipinski definition) is 0. The number of pyridine rings is 2. The van der Waals surface area contributed by atoms with Gasteiger partial charge in [-0.2, -0.15) is 4.39 Å². The van der Waals surface area contributed by atoms with Crippen molar-refractivity contribution in [2.45, 2.75) is 38.9 Å². The van der Waals surface area contributed by atoms with Gasteiger partial charge in [0, 0.05) is 38.2 Å². The van der Waals surface area contributed by atoms with E-state index in [2.05, 4.69) is 9.83 Å². The molecule has 1 aliphatic rings. The lowest BCUT2D eigenvalue weighted by atomic mass is 10.00. The summed E-state index contributed by atoms with van der Waals surface area (Å²) in [6.45, 7) is 13.6. The fraction of sp³-hybridized carbons (Fsp3) is 0.375. The van der Waals surface area contributed by atoms with Gasteiger partial charge in [-0.1, -0.05) is 18.7 Å². The first-order valence-corrected chi connectivity index (χ1v) is 10.4. The van der Waals surface area contributed by atoms with Gasteiger partial charge in [-0.15, -0.1) is 4.98 Å². The minimum absolute atomic E-state index is 0.0889. The van der Waals surface area contributed by atoms with Gasteiger partial charge in [-0.25, -0.2) is 4.39 Å². The average molecular weight is 439 g/mol. The van der Waals surface area contributed by atoms with Gasteiger partial charge < -0.3 is 14.3 Å². The number of piperazine rings is 1. The van der Waals surface area contributed by atoms with Gasteiger partial charge in [0.25, 0.3) is 11.4 Å². The fourth-order valence-corrected chi connectivity index (χ4v) is 4.44. The molecule has 0 saturated carbocycles. The average Bonchev–Trinajstić information content (AvgIpc) is 2.79. The van der Waals surface area contributed by atoms with Crippen LogP contribution in [0.25, 0.3) is 15.9 Å². The minimum atomic E-state index is -1.13. The quantitative estimate of drug-likeness (QED) is 0.568. The second-order valence-electron chi connectivity index (χ2n) is 8.27. The molecule has 1 fully saturated rings. The lowest BCUT2D eigenvalue weighted by Gasteiger charge is -2.47. The van der Waals surface area contributed by atoms with E-state index in [0.717, 1.165) is 0 Å². The third-order valence-electron chi connectivity index (χ3n) is 6.23. The summed E-state index contributed by atoms with van der Waals surface area (Å²) >= 11 is 0. The van der Waals surface area contributed by atoms with E-state index in [1.807, 2.05) is 23.6 Å². The third kappa shape index (κ3) is 3.63. The van der Waals surface area contributed by atoms with Gasteiger partial charge in [-0.3, -0.25) is 9.69 Å². The molecule has 6 nitrogen and oxygen atoms in total. The van der Waals surface area contributed by atoms with Crippen LogP contribution in [-0.4, -0.2) is 39.6 Å². The Morgan fingerprint density at radius 1 is 1.16 bits per heavy atom. The summed E-state index contributed by atoms with van der Waals surface area (Å²) in [5.41, 5.74) is 0.704. The third-order valence-corrected chi connectivity index (χ3v) is 6.23. The van der Waals surface area contributed by atoms with Crippen LogP contribution in [0.1, 0.15) is 33.7 Å². The molecule has 3 heterocycles. The molecule has 0 spiro atoms. The molecule has 0 N–H and O–H groups in total. The van der Waals surface area contributed by atoms with Gasteiger partial charge in [0.05, 0.1) is 6.89 Å². The zero-order valence-electron chi connectivity index (χ0n) is 19.4. The predicted octanol–water partition coefficient (Wildman–Crippen LogP) is 4.42. The molecule has 1 aromatic carbocycles. The molecule has 0 amide bonds. The monoisotopic (exact) mass is 438 g/mol. The van der Waals surface area contributed by atoms with Crippen LogP contribution in [0.5, 0.6) is 0 Å². The lowest BCUT2D eigenvalue weighted by Crippen LogP contribution is -2.57. The molecule has 8 heteroatoms. The van der Waals surface area contributed by atoms with Crippen LogP contribution in [-0.2, 0) is 7.05 Å². The van der Waals surface area contributed by atoms with Crippen molar-refractivity contribution in [2.24, 2.45) is 7.05 Å². The number of fused-ring (bicyclic) bond motifs is 1. The Bertz CT molecular complexity index is 1320. The zero-order chi connectivity index (χ0) is 24.1. The summed E-state index contributed by atoms with van der Waals surface area (Å²) in [6, 6.07) is 7.45. The van der Waals surface area contributed by atoms with Gasteiger partial charge in [0.15, 0.2) is 0 Å². The second-order valence-corrected chi connectivity index (χ2v) is 8.27. The van der Waals surface area contributed by atoms with Crippen LogP contribution in [0.3, 0.4) is 0 Å². The Labute approximate surface area is 186 Å². The summed E-state index contributed by atoms with van der Waals surface area (Å²) in [5.74, 6) is -1.14. The fourth-order valence-electron chi connectivity index (χ4n) is 4.44. The van der Waals surface area contributed by atoms with Crippen LogP contribution < -0.4 is 10.5 Å². The van der Waals surface area contributed by atoms with Crippen LogP contribution in [0.2, 0.25) is 0 Å². The standard InChI is InChI=1S/C24H25F2N5O/c1-14-13-31(15(2)12-30(14)16(3)17-6-8-18(25)9-7-17)23-21(26)24(32)29(5)19-10-11-20(27-4)28-22(19)23/h6-11,14-16H,12-13H2,1-3,5H3/t14-,15+,16?/m1/s1/i16D. The van der Waals surface area contributed by atoms with Crippen LogP contribution >= 0.6 is 0 Å². The van der Waals surface area contributed by atoms with Crippen molar-refractivity contribution >= 4 is 22.5 Å². The van der Waals surface area contributed by atoms with Crippen LogP contribution in [0.15, 0.2) is 41.2 Å². The van der Waals surface area contributed by atoms with Crippen molar-refractivity contribution < 1.29 is 10.2 Å². The lowest BCUT2D eigenvalue weighted by molar-refractivity contribution is 0.119. The summed E-state index contributed by atoms with van der Waals surface area (Å²) in [5, 5.41) is 0. The molecule has 1 saturated heterocycles. The van der Waals surface area contributed by atoms with Gasteiger partial charge in [0.2, 0.25) is 11.3 Å². The molecular formula is C24H25F2N5O. The number of halogens is 2. The minimum Gasteiger partial charge on any atom is -0.361 e. The Kier molecular flexibility index (Phi) is 5.35. The van der Waals surface area contributed by atoms with Gasteiger partial charge >= 0.3 is 0 Å². The Balaban J connectivity index is 1.77. The van der Waals surface area contributed by atoms with E-state index in [9.17, 15) is 9.18 Å². The van der Waals surface area contributed by atoms with Crippen LogP contribution in [0.4, 0.5) is 20.3 Å². The van der Waals surface area contributed by atoms with E-state index in [0.29, 0.717) is 24.2 Å². The molecule has 0 radical (unpaired) electrons. The molecule has 2 aromatic heterocycles. The number of benzene rings is 1. The normalized spacial score (nSPS) is 21.8. The molecule has 1 aliphatic heterocycles. The Morgan fingerprint density at radius 3 is 2.50 bits per heavy atom. The summed E-state index contributed by atoms with van der Waals surface area (Å²) in [6.07, 6.45) is 0. The highest BCUT2D eigenvalue weighted by molar-refractivity contribution is 5.90. The number of aromatic nitrogens is 2. The van der Waals surface area contributed by atoms with Gasteiger partial charge in [-0.05, 0) is 50.6 Å². The number of rotatable bonds is 3. The zero-order valence-corrected chi connectivity index (χ0v) is 18.4. The van der Waals surface area contributed by atoms with E-state index in [4.69, 9.17) is 7.94 Å². The molecule has 4 rings (SSSR count). The highest BCUT2D eigenvalue weighted by Gasteiger charge is 2.36. The molecule has 0 bridgehead atoms. The molecule has 32 heavy (non-hydrogen) atoms. The van der Waals surface area contributed by atoms with Crippen molar-refractivity contribution in [1.29, 1.82) is 0 Å². The van der Waals surface area contributed by atoms with E-state index >= 15 is 4.39 Å². The number of aryl methyl sites for hydroxylation is 1. The molecule has 3 atom stereocenters. The highest BCUT2D eigenvalue weighted by Crippen LogP contribution is 2.34. The number of hydrogen-bond acceptors (Lipinski definition) is 4. The van der Waals surface area contributed by atoms with Crippen LogP contribution in [0, 0.1) is 18.2 Å². The van der Waals surface area contributed by atoms with E-state index in [1.54, 1.807) is 25.1 Å². The first-order valence-electron chi connectivity index (χ1n) is 10.9. The summed E-state index contributed by atoms with van der Waals surface area (Å²) in [4.78, 5) is 24.1. The molecule has 1 unspecified atom stereocenters. The second kappa shape index (κ2) is 8.32. The van der Waals surface area contributed by atoms with Crippen molar-refractivity contribution in [3.05, 3.63) is 75.4 Å². The van der Waals surface area contributed by atoms with Crippen molar-refractivity contribution in [3.8, 4) is 0 Å². The van der Waals surface area contributed by atoms with Crippen molar-refractivity contribution in [3.63, 3.8) is 0 Å². The summed E-state index contributed by atoms with van der Waals surface area (Å²) < 4.78 is 39.0. The molecule has 166 valence electrons. The SMILES string of the molecule is [2H]C(C)(c1ccc(F)cc1)N1C[C@H](C)N(c2c(F)c(=O)n(C)c3ccc([N+]#[C-])nc23)C[C@H]1C. The Hall–Kier alpha value is -3.31. The van der Waals surface area contributed by atoms with Gasteiger partial charge in [0.1, 0.15) is 11.5 Å². The topological polar surface area (TPSA) is 45.7 Å². The molecule has 3 aromatic rings. The first-order chi connectivity index (χ1) is 15.6. The maximum atomic E-state index is 15.4.